The number of carboxylic acids is 1. The first-order valence-corrected chi connectivity index (χ1v) is 14.7. The Labute approximate surface area is 231 Å². The summed E-state index contributed by atoms with van der Waals surface area (Å²) in [7, 11) is 3.55. The SMILES string of the molecule is COc1c(F)cc(CC2CC2)cc1C(C(=O)O)N1CC[C@@H](N(C)CCCCCc2ccc3c(n2)NCCC3)C1. The molecule has 0 spiro atoms. The van der Waals surface area contributed by atoms with Gasteiger partial charge in [-0.1, -0.05) is 12.5 Å². The molecule has 1 unspecified atom stereocenters. The Kier molecular flexibility index (Phi) is 9.03. The number of hydrogen-bond donors (Lipinski definition) is 2. The number of aliphatic carboxylic acids is 1. The number of nitrogens with zero attached hydrogens (tertiary/aromatic N) is 3. The maximum Gasteiger partial charge on any atom is 0.325 e. The molecule has 1 saturated heterocycles. The van der Waals surface area contributed by atoms with Crippen LogP contribution in [0.4, 0.5) is 10.2 Å². The summed E-state index contributed by atoms with van der Waals surface area (Å²) in [5.74, 6) is 0.295. The van der Waals surface area contributed by atoms with Crippen LogP contribution >= 0.6 is 0 Å². The van der Waals surface area contributed by atoms with Gasteiger partial charge in [-0.15, -0.1) is 0 Å². The van der Waals surface area contributed by atoms with Gasteiger partial charge in [0.1, 0.15) is 11.9 Å². The van der Waals surface area contributed by atoms with Gasteiger partial charge in [0.15, 0.2) is 11.6 Å². The fraction of sp³-hybridized carbons (Fsp3) is 0.613. The van der Waals surface area contributed by atoms with Crippen molar-refractivity contribution in [2.45, 2.75) is 76.3 Å². The van der Waals surface area contributed by atoms with Gasteiger partial charge >= 0.3 is 5.97 Å². The molecule has 2 aromatic rings. The molecule has 2 N–H and O–H groups in total. The van der Waals surface area contributed by atoms with Crippen molar-refractivity contribution in [2.24, 2.45) is 5.92 Å². The zero-order valence-corrected chi connectivity index (χ0v) is 23.4. The molecule has 8 heteroatoms. The van der Waals surface area contributed by atoms with Crippen LogP contribution in [0.1, 0.15) is 73.4 Å². The van der Waals surface area contributed by atoms with E-state index in [4.69, 9.17) is 9.72 Å². The third-order valence-corrected chi connectivity index (χ3v) is 8.66. The molecule has 1 saturated carbocycles. The minimum atomic E-state index is -0.953. The molecule has 3 aliphatic rings. The van der Waals surface area contributed by atoms with Crippen LogP contribution in [-0.2, 0) is 24.1 Å². The average molecular weight is 539 g/mol. The highest BCUT2D eigenvalue weighted by Crippen LogP contribution is 2.38. The summed E-state index contributed by atoms with van der Waals surface area (Å²) in [4.78, 5) is 21.6. The lowest BCUT2D eigenvalue weighted by Gasteiger charge is -2.28. The second-order valence-corrected chi connectivity index (χ2v) is 11.7. The van der Waals surface area contributed by atoms with Crippen molar-refractivity contribution >= 4 is 11.8 Å². The number of benzene rings is 1. The number of anilines is 1. The molecule has 0 radical (unpaired) electrons. The van der Waals surface area contributed by atoms with Gasteiger partial charge < -0.3 is 20.1 Å². The summed E-state index contributed by atoms with van der Waals surface area (Å²) < 4.78 is 20.3. The summed E-state index contributed by atoms with van der Waals surface area (Å²) in [6, 6.07) is 7.15. The Bertz CT molecular complexity index is 1150. The van der Waals surface area contributed by atoms with Crippen LogP contribution in [0.3, 0.4) is 0 Å². The molecule has 5 rings (SSSR count). The van der Waals surface area contributed by atoms with E-state index < -0.39 is 17.8 Å². The van der Waals surface area contributed by atoms with Crippen LogP contribution in [0, 0.1) is 11.7 Å². The molecule has 2 aliphatic heterocycles. The van der Waals surface area contributed by atoms with E-state index in [1.165, 1.54) is 25.2 Å². The number of halogens is 1. The van der Waals surface area contributed by atoms with Gasteiger partial charge in [0, 0.05) is 36.9 Å². The fourth-order valence-corrected chi connectivity index (χ4v) is 6.25. The van der Waals surface area contributed by atoms with Crippen molar-refractivity contribution in [3.63, 3.8) is 0 Å². The number of aromatic nitrogens is 1. The number of pyridine rings is 1. The number of fused-ring (bicyclic) bond motifs is 1. The van der Waals surface area contributed by atoms with Crippen molar-refractivity contribution in [3.05, 3.63) is 52.5 Å². The minimum absolute atomic E-state index is 0.0583. The van der Waals surface area contributed by atoms with Gasteiger partial charge in [0.25, 0.3) is 0 Å². The highest BCUT2D eigenvalue weighted by Gasteiger charge is 2.37. The molecule has 1 aliphatic carbocycles. The van der Waals surface area contributed by atoms with E-state index in [1.54, 1.807) is 0 Å². The lowest BCUT2D eigenvalue weighted by Crippen LogP contribution is -2.38. The second-order valence-electron chi connectivity index (χ2n) is 11.7. The van der Waals surface area contributed by atoms with Gasteiger partial charge in [-0.05, 0) is 107 Å². The summed E-state index contributed by atoms with van der Waals surface area (Å²) in [6.07, 6.45) is 10.7. The van der Waals surface area contributed by atoms with Crippen LogP contribution < -0.4 is 10.1 Å². The number of ether oxygens (including phenoxy) is 1. The Balaban J connectivity index is 1.13. The number of rotatable bonds is 13. The Morgan fingerprint density at radius 3 is 2.87 bits per heavy atom. The largest absolute Gasteiger partial charge is 0.493 e. The Hall–Kier alpha value is -2.71. The van der Waals surface area contributed by atoms with Crippen molar-refractivity contribution in [3.8, 4) is 5.75 Å². The number of likely N-dealkylation sites (tertiary alicyclic amines) is 1. The monoisotopic (exact) mass is 538 g/mol. The van der Waals surface area contributed by atoms with Crippen molar-refractivity contribution in [1.82, 2.24) is 14.8 Å². The predicted molar refractivity (Wildman–Crippen MR) is 151 cm³/mol. The van der Waals surface area contributed by atoms with E-state index >= 15 is 0 Å². The molecule has 3 heterocycles. The zero-order valence-electron chi connectivity index (χ0n) is 23.4. The van der Waals surface area contributed by atoms with E-state index in [9.17, 15) is 14.3 Å². The first-order chi connectivity index (χ1) is 18.9. The van der Waals surface area contributed by atoms with E-state index in [-0.39, 0.29) is 11.8 Å². The molecule has 2 atom stereocenters. The molecule has 0 bridgehead atoms. The van der Waals surface area contributed by atoms with Crippen LogP contribution in [0.2, 0.25) is 0 Å². The number of carboxylic acid groups (broad SMARTS) is 1. The first-order valence-electron chi connectivity index (χ1n) is 14.7. The first kappa shape index (κ1) is 27.8. The van der Waals surface area contributed by atoms with E-state index in [2.05, 4.69) is 29.4 Å². The van der Waals surface area contributed by atoms with Crippen molar-refractivity contribution in [1.29, 1.82) is 0 Å². The molecule has 7 nitrogen and oxygen atoms in total. The molecular formula is C31H43FN4O3. The average Bonchev–Trinajstić information content (AvgIpc) is 3.60. The van der Waals surface area contributed by atoms with Crippen LogP contribution in [-0.4, -0.2) is 72.2 Å². The maximum atomic E-state index is 14.9. The smallest absolute Gasteiger partial charge is 0.325 e. The normalized spacial score (nSPS) is 20.1. The third kappa shape index (κ3) is 6.90. The van der Waals surface area contributed by atoms with E-state index in [1.807, 2.05) is 11.0 Å². The molecule has 1 aromatic heterocycles. The third-order valence-electron chi connectivity index (χ3n) is 8.66. The number of unbranched alkanes of at least 4 members (excludes halogenated alkanes) is 2. The number of nitrogens with one attached hydrogen (secondary N) is 1. The summed E-state index contributed by atoms with van der Waals surface area (Å²) in [5.41, 5.74) is 3.80. The highest BCUT2D eigenvalue weighted by atomic mass is 19.1. The summed E-state index contributed by atoms with van der Waals surface area (Å²) in [5, 5.41) is 13.6. The van der Waals surface area contributed by atoms with Crippen LogP contribution in [0.25, 0.3) is 0 Å². The lowest BCUT2D eigenvalue weighted by atomic mass is 9.98. The standard InChI is InChI=1S/C31H43FN4O3/c1-35(15-5-3-4-8-24-12-11-23-7-6-14-33-30(23)34-24)25-13-16-36(20-25)28(31(37)38)26-18-22(17-21-9-10-21)19-27(32)29(26)39-2/h11-12,18-19,21,25,28H,3-10,13-17,20H2,1-2H3,(H,33,34)(H,37,38)/t25-,28?/m1/s1. The number of methoxy groups -OCH3 is 1. The Morgan fingerprint density at radius 1 is 1.26 bits per heavy atom. The maximum absolute atomic E-state index is 14.9. The van der Waals surface area contributed by atoms with Gasteiger partial charge in [-0.25, -0.2) is 9.37 Å². The molecule has 39 heavy (non-hydrogen) atoms. The van der Waals surface area contributed by atoms with E-state index in [0.29, 0.717) is 24.6 Å². The highest BCUT2D eigenvalue weighted by molar-refractivity contribution is 5.77. The van der Waals surface area contributed by atoms with Gasteiger partial charge in [0.2, 0.25) is 0 Å². The topological polar surface area (TPSA) is 77.9 Å². The van der Waals surface area contributed by atoms with Gasteiger partial charge in [0.05, 0.1) is 7.11 Å². The van der Waals surface area contributed by atoms with Gasteiger partial charge in [-0.3, -0.25) is 9.69 Å². The van der Waals surface area contributed by atoms with Crippen LogP contribution in [0.15, 0.2) is 24.3 Å². The van der Waals surface area contributed by atoms with Crippen molar-refractivity contribution < 1.29 is 19.0 Å². The summed E-state index contributed by atoms with van der Waals surface area (Å²) in [6.45, 7) is 3.31. The number of aryl methyl sites for hydroxylation is 2. The molecule has 1 aromatic carbocycles. The minimum Gasteiger partial charge on any atom is -0.493 e. The predicted octanol–water partition coefficient (Wildman–Crippen LogP) is 5.08. The fourth-order valence-electron chi connectivity index (χ4n) is 6.25. The quantitative estimate of drug-likeness (QED) is 0.344. The summed E-state index contributed by atoms with van der Waals surface area (Å²) >= 11 is 0. The zero-order chi connectivity index (χ0) is 27.4. The number of hydrogen-bond acceptors (Lipinski definition) is 6. The second kappa shape index (κ2) is 12.6. The van der Waals surface area contributed by atoms with E-state index in [0.717, 1.165) is 88.0 Å². The lowest BCUT2D eigenvalue weighted by molar-refractivity contribution is -0.143. The number of likely N-dealkylation sites (N-methyl/N-ethyl adjacent to an activating group) is 1. The molecule has 212 valence electrons. The Morgan fingerprint density at radius 2 is 2.10 bits per heavy atom. The molecule has 2 fully saturated rings. The van der Waals surface area contributed by atoms with Crippen molar-refractivity contribution in [2.75, 3.05) is 45.7 Å². The molecular weight excluding hydrogens is 495 g/mol. The van der Waals surface area contributed by atoms with Crippen LogP contribution in [0.5, 0.6) is 5.75 Å². The molecule has 0 amide bonds. The number of carbonyl (C=O) groups is 1. The van der Waals surface area contributed by atoms with Gasteiger partial charge in [-0.2, -0.15) is 0 Å².